The summed E-state index contributed by atoms with van der Waals surface area (Å²) in [4.78, 5) is 28.0. The lowest BCUT2D eigenvalue weighted by molar-refractivity contribution is -0.139. The summed E-state index contributed by atoms with van der Waals surface area (Å²) in [5.41, 5.74) is 0.877. The Morgan fingerprint density at radius 3 is 2.62 bits per heavy atom. The van der Waals surface area contributed by atoms with E-state index in [0.717, 1.165) is 5.56 Å². The number of hydrogen-bond acceptors (Lipinski definition) is 5. The van der Waals surface area contributed by atoms with Crippen molar-refractivity contribution in [2.45, 2.75) is 25.2 Å². The number of β-amino-alcohol motifs (C(OH)–C–C–N with tert-alkyl or cyclic N) is 1. The minimum atomic E-state index is -0.704. The second-order valence-corrected chi connectivity index (χ2v) is 6.04. The summed E-state index contributed by atoms with van der Waals surface area (Å²) in [6, 6.07) is 8.69. The number of ether oxygens (including phenoxy) is 2. The predicted molar refractivity (Wildman–Crippen MR) is 85.1 cm³/mol. The maximum atomic E-state index is 12.6. The summed E-state index contributed by atoms with van der Waals surface area (Å²) in [5, 5.41) is 9.91. The number of nitrogens with zero attached hydrogens (tertiary/aromatic N) is 2. The standard InChI is InChI=1S/C17H22N2O5/c20-14-10-15(16(21)18-6-8-23-9-7-18)19(11-14)17(22)24-12-13-4-2-1-3-5-13/h1-5,14-15,20H,6-12H2/t14-,15+/m1/s1. The van der Waals surface area contributed by atoms with Crippen LogP contribution in [0.4, 0.5) is 4.79 Å². The molecule has 2 aliphatic heterocycles. The van der Waals surface area contributed by atoms with Gasteiger partial charge in [0.05, 0.1) is 25.9 Å². The van der Waals surface area contributed by atoms with Crippen LogP contribution in [0.5, 0.6) is 0 Å². The Balaban J connectivity index is 1.61. The molecule has 0 unspecified atom stereocenters. The molecule has 0 saturated carbocycles. The number of carbonyl (C=O) groups excluding carboxylic acids is 2. The fourth-order valence-corrected chi connectivity index (χ4v) is 3.05. The van der Waals surface area contributed by atoms with Gasteiger partial charge in [0, 0.05) is 19.5 Å². The molecule has 0 bridgehead atoms. The molecule has 2 atom stereocenters. The number of morpholine rings is 1. The van der Waals surface area contributed by atoms with E-state index in [9.17, 15) is 14.7 Å². The van der Waals surface area contributed by atoms with Crippen LogP contribution in [-0.2, 0) is 20.9 Å². The van der Waals surface area contributed by atoms with Crippen molar-refractivity contribution < 1.29 is 24.2 Å². The number of likely N-dealkylation sites (tertiary alicyclic amines) is 1. The highest BCUT2D eigenvalue weighted by atomic mass is 16.6. The van der Waals surface area contributed by atoms with Gasteiger partial charge in [-0.25, -0.2) is 4.79 Å². The van der Waals surface area contributed by atoms with Gasteiger partial charge in [-0.15, -0.1) is 0 Å². The van der Waals surface area contributed by atoms with E-state index in [1.807, 2.05) is 30.3 Å². The topological polar surface area (TPSA) is 79.3 Å². The largest absolute Gasteiger partial charge is 0.445 e. The quantitative estimate of drug-likeness (QED) is 0.876. The van der Waals surface area contributed by atoms with Gasteiger partial charge in [-0.3, -0.25) is 9.69 Å². The van der Waals surface area contributed by atoms with Crippen LogP contribution in [-0.4, -0.2) is 71.9 Å². The minimum absolute atomic E-state index is 0.119. The Kier molecular flexibility index (Phi) is 5.32. The maximum Gasteiger partial charge on any atom is 0.410 e. The van der Waals surface area contributed by atoms with E-state index in [-0.39, 0.29) is 25.5 Å². The Bertz CT molecular complexity index is 574. The zero-order valence-corrected chi connectivity index (χ0v) is 13.5. The monoisotopic (exact) mass is 334 g/mol. The van der Waals surface area contributed by atoms with Crippen LogP contribution in [0.25, 0.3) is 0 Å². The number of carbonyl (C=O) groups is 2. The first kappa shape index (κ1) is 16.7. The predicted octanol–water partition coefficient (Wildman–Crippen LogP) is 0.617. The average molecular weight is 334 g/mol. The van der Waals surface area contributed by atoms with Crippen LogP contribution in [0.15, 0.2) is 30.3 Å². The van der Waals surface area contributed by atoms with Crippen LogP contribution in [0.1, 0.15) is 12.0 Å². The smallest absolute Gasteiger partial charge is 0.410 e. The number of rotatable bonds is 3. The lowest BCUT2D eigenvalue weighted by Gasteiger charge is -2.32. The van der Waals surface area contributed by atoms with Crippen molar-refractivity contribution in [3.8, 4) is 0 Å². The Morgan fingerprint density at radius 1 is 1.21 bits per heavy atom. The molecule has 0 radical (unpaired) electrons. The van der Waals surface area contributed by atoms with Crippen LogP contribution >= 0.6 is 0 Å². The molecular formula is C17H22N2O5. The molecule has 0 aromatic heterocycles. The first-order valence-corrected chi connectivity index (χ1v) is 8.17. The van der Waals surface area contributed by atoms with E-state index in [1.165, 1.54) is 4.90 Å². The van der Waals surface area contributed by atoms with Gasteiger partial charge in [-0.2, -0.15) is 0 Å². The summed E-state index contributed by atoms with van der Waals surface area (Å²) < 4.78 is 10.6. The molecule has 7 nitrogen and oxygen atoms in total. The zero-order valence-electron chi connectivity index (χ0n) is 13.5. The molecular weight excluding hydrogens is 312 g/mol. The molecule has 130 valence electrons. The van der Waals surface area contributed by atoms with E-state index in [0.29, 0.717) is 26.3 Å². The third kappa shape index (κ3) is 3.85. The van der Waals surface area contributed by atoms with E-state index < -0.39 is 18.2 Å². The van der Waals surface area contributed by atoms with Crippen molar-refractivity contribution in [2.75, 3.05) is 32.8 Å². The van der Waals surface area contributed by atoms with E-state index >= 15 is 0 Å². The van der Waals surface area contributed by atoms with Crippen molar-refractivity contribution in [1.82, 2.24) is 9.80 Å². The van der Waals surface area contributed by atoms with E-state index in [2.05, 4.69) is 0 Å². The highest BCUT2D eigenvalue weighted by molar-refractivity contribution is 5.86. The average Bonchev–Trinajstić information content (AvgIpc) is 3.02. The van der Waals surface area contributed by atoms with E-state index in [4.69, 9.17) is 9.47 Å². The van der Waals surface area contributed by atoms with Crippen molar-refractivity contribution in [3.05, 3.63) is 35.9 Å². The highest BCUT2D eigenvalue weighted by Crippen LogP contribution is 2.22. The Morgan fingerprint density at radius 2 is 1.92 bits per heavy atom. The molecule has 3 rings (SSSR count). The zero-order chi connectivity index (χ0) is 16.9. The molecule has 24 heavy (non-hydrogen) atoms. The second kappa shape index (κ2) is 7.63. The molecule has 1 aromatic rings. The molecule has 7 heteroatoms. The molecule has 1 N–H and O–H groups in total. The van der Waals surface area contributed by atoms with Gasteiger partial charge in [0.1, 0.15) is 12.6 Å². The normalized spacial score (nSPS) is 24.0. The number of aliphatic hydroxyl groups is 1. The fourth-order valence-electron chi connectivity index (χ4n) is 3.05. The first-order chi connectivity index (χ1) is 11.6. The van der Waals surface area contributed by atoms with Crippen LogP contribution in [0.2, 0.25) is 0 Å². The van der Waals surface area contributed by atoms with Gasteiger partial charge in [-0.1, -0.05) is 30.3 Å². The molecule has 1 aromatic carbocycles. The second-order valence-electron chi connectivity index (χ2n) is 6.04. The molecule has 2 saturated heterocycles. The number of hydrogen-bond donors (Lipinski definition) is 1. The molecule has 0 spiro atoms. The highest BCUT2D eigenvalue weighted by Gasteiger charge is 2.41. The third-order valence-corrected chi connectivity index (χ3v) is 4.33. The number of benzene rings is 1. The summed E-state index contributed by atoms with van der Waals surface area (Å²) in [6.07, 6.45) is -1.03. The lowest BCUT2D eigenvalue weighted by atomic mass is 10.1. The van der Waals surface area contributed by atoms with Crippen molar-refractivity contribution in [1.29, 1.82) is 0 Å². The van der Waals surface area contributed by atoms with Crippen LogP contribution < -0.4 is 0 Å². The molecule has 2 heterocycles. The molecule has 2 aliphatic rings. The molecule has 2 amide bonds. The molecule has 0 aliphatic carbocycles. The SMILES string of the molecule is O=C([C@@H]1C[C@@H](O)CN1C(=O)OCc1ccccc1)N1CCOCC1. The van der Waals surface area contributed by atoms with Gasteiger partial charge in [0.15, 0.2) is 0 Å². The molecule has 2 fully saturated rings. The van der Waals surface area contributed by atoms with E-state index in [1.54, 1.807) is 4.90 Å². The summed E-state index contributed by atoms with van der Waals surface area (Å²) in [5.74, 6) is -0.147. The van der Waals surface area contributed by atoms with Gasteiger partial charge in [0.25, 0.3) is 0 Å². The Labute approximate surface area is 140 Å². The fraction of sp³-hybridized carbons (Fsp3) is 0.529. The third-order valence-electron chi connectivity index (χ3n) is 4.33. The summed E-state index contributed by atoms with van der Waals surface area (Å²) >= 11 is 0. The van der Waals surface area contributed by atoms with Crippen molar-refractivity contribution in [3.63, 3.8) is 0 Å². The summed E-state index contributed by atoms with van der Waals surface area (Å²) in [6.45, 7) is 2.29. The number of amides is 2. The van der Waals surface area contributed by atoms with Crippen LogP contribution in [0, 0.1) is 0 Å². The van der Waals surface area contributed by atoms with Crippen molar-refractivity contribution >= 4 is 12.0 Å². The Hall–Kier alpha value is -2.12. The summed E-state index contributed by atoms with van der Waals surface area (Å²) in [7, 11) is 0. The minimum Gasteiger partial charge on any atom is -0.445 e. The maximum absolute atomic E-state index is 12.6. The van der Waals surface area contributed by atoms with Gasteiger partial charge < -0.3 is 19.5 Å². The van der Waals surface area contributed by atoms with Gasteiger partial charge in [0.2, 0.25) is 5.91 Å². The van der Waals surface area contributed by atoms with Crippen LogP contribution in [0.3, 0.4) is 0 Å². The first-order valence-electron chi connectivity index (χ1n) is 8.17. The lowest BCUT2D eigenvalue weighted by Crippen LogP contribution is -2.51. The van der Waals surface area contributed by atoms with Gasteiger partial charge >= 0.3 is 6.09 Å². The number of aliphatic hydroxyl groups excluding tert-OH is 1. The van der Waals surface area contributed by atoms with Gasteiger partial charge in [-0.05, 0) is 5.56 Å². The van der Waals surface area contributed by atoms with Crippen molar-refractivity contribution in [2.24, 2.45) is 0 Å².